The number of rotatable bonds is 8. The molecule has 15 heavy (non-hydrogen) atoms. The summed E-state index contributed by atoms with van der Waals surface area (Å²) in [6.45, 7) is 6.23. The van der Waals surface area contributed by atoms with E-state index in [4.69, 9.17) is 0 Å². The van der Waals surface area contributed by atoms with Gasteiger partial charge in [-0.2, -0.15) is 0 Å². The van der Waals surface area contributed by atoms with Gasteiger partial charge in [0.25, 0.3) is 0 Å². The monoisotopic (exact) mass is 216 g/mol. The second-order valence-electron chi connectivity index (χ2n) is 6.46. The van der Waals surface area contributed by atoms with Crippen molar-refractivity contribution in [3.8, 4) is 0 Å². The average Bonchev–Trinajstić information content (AvgIpc) is 2.00. The highest BCUT2D eigenvalue weighted by Gasteiger charge is 2.13. The predicted molar refractivity (Wildman–Crippen MR) is 68.9 cm³/mol. The fraction of sp³-hybridized carbons (Fsp3) is 1.00. The molecule has 0 radical (unpaired) electrons. The molecule has 0 rings (SSSR count). The highest BCUT2D eigenvalue weighted by Crippen LogP contribution is 2.06. The van der Waals surface area contributed by atoms with Crippen LogP contribution < -0.4 is 0 Å². The molecule has 0 bridgehead atoms. The van der Waals surface area contributed by atoms with Gasteiger partial charge in [0.1, 0.15) is 0 Å². The van der Waals surface area contributed by atoms with E-state index in [9.17, 15) is 0 Å². The third kappa shape index (κ3) is 10.2. The van der Waals surface area contributed by atoms with E-state index in [0.717, 1.165) is 4.48 Å². The summed E-state index contributed by atoms with van der Waals surface area (Å²) in [5, 5.41) is 0. The molecule has 0 fully saturated rings. The molecule has 0 aromatic carbocycles. The van der Waals surface area contributed by atoms with Gasteiger partial charge in [-0.1, -0.05) is 6.92 Å². The van der Waals surface area contributed by atoms with Crippen LogP contribution in [0.4, 0.5) is 0 Å². The minimum Gasteiger partial charge on any atom is -0.331 e. The van der Waals surface area contributed by atoms with Crippen molar-refractivity contribution in [3.63, 3.8) is 0 Å². The third-order valence-corrected chi connectivity index (χ3v) is 2.92. The topological polar surface area (TPSA) is 0 Å². The van der Waals surface area contributed by atoms with Gasteiger partial charge in [-0.15, -0.1) is 0 Å². The maximum absolute atomic E-state index is 2.35. The fourth-order valence-electron chi connectivity index (χ4n) is 2.02. The molecule has 0 amide bonds. The van der Waals surface area contributed by atoms with Crippen LogP contribution in [0, 0.1) is 0 Å². The Balaban J connectivity index is 3.46. The molecule has 0 heterocycles. The molecular weight excluding hydrogens is 184 g/mol. The van der Waals surface area contributed by atoms with Crippen molar-refractivity contribution in [2.45, 2.75) is 32.6 Å². The van der Waals surface area contributed by atoms with E-state index < -0.39 is 0 Å². The van der Waals surface area contributed by atoms with Gasteiger partial charge in [0.2, 0.25) is 0 Å². The number of hydrogen-bond acceptors (Lipinski definition) is 0. The predicted octanol–water partition coefficient (Wildman–Crippen LogP) is 2.35. The van der Waals surface area contributed by atoms with E-state index in [1.165, 1.54) is 49.8 Å². The van der Waals surface area contributed by atoms with E-state index in [1.807, 2.05) is 0 Å². The molecule has 0 aromatic rings. The average molecular weight is 216 g/mol. The van der Waals surface area contributed by atoms with Crippen LogP contribution in [-0.4, -0.2) is 63.8 Å². The minimum atomic E-state index is 1.10. The Kier molecular flexibility index (Phi) is 6.46. The molecule has 0 aliphatic heterocycles. The Bertz CT molecular complexity index is 156. The Morgan fingerprint density at radius 2 is 1.20 bits per heavy atom. The van der Waals surface area contributed by atoms with Crippen LogP contribution in [0.25, 0.3) is 0 Å². The number of hydrogen-bond donors (Lipinski definition) is 0. The summed E-state index contributed by atoms with van der Waals surface area (Å²) >= 11 is 0. The van der Waals surface area contributed by atoms with Crippen molar-refractivity contribution in [2.75, 3.05) is 54.9 Å². The lowest BCUT2D eigenvalue weighted by molar-refractivity contribution is -0.890. The van der Waals surface area contributed by atoms with Gasteiger partial charge in [-0.3, -0.25) is 0 Å². The SMILES string of the molecule is CCC[N+](C)(C)CCCCC[N+](C)(C)C. The van der Waals surface area contributed by atoms with Crippen LogP contribution in [0.5, 0.6) is 0 Å². The summed E-state index contributed by atoms with van der Waals surface area (Å²) in [4.78, 5) is 0. The molecular formula is C13H32N2+2. The Morgan fingerprint density at radius 3 is 1.67 bits per heavy atom. The summed E-state index contributed by atoms with van der Waals surface area (Å²) in [6.07, 6.45) is 5.44. The Labute approximate surface area is 97.1 Å². The summed E-state index contributed by atoms with van der Waals surface area (Å²) in [7, 11) is 11.5. The second-order valence-corrected chi connectivity index (χ2v) is 6.46. The Morgan fingerprint density at radius 1 is 0.667 bits per heavy atom. The van der Waals surface area contributed by atoms with Gasteiger partial charge in [0.05, 0.1) is 54.9 Å². The van der Waals surface area contributed by atoms with Crippen molar-refractivity contribution < 1.29 is 8.97 Å². The van der Waals surface area contributed by atoms with Crippen LogP contribution in [0.3, 0.4) is 0 Å². The van der Waals surface area contributed by atoms with E-state index in [-0.39, 0.29) is 0 Å². The largest absolute Gasteiger partial charge is 0.331 e. The van der Waals surface area contributed by atoms with Crippen LogP contribution in [-0.2, 0) is 0 Å². The summed E-state index contributed by atoms with van der Waals surface area (Å²) in [6, 6.07) is 0. The van der Waals surface area contributed by atoms with Gasteiger partial charge in [-0.25, -0.2) is 0 Å². The van der Waals surface area contributed by atoms with Crippen LogP contribution >= 0.6 is 0 Å². The first-order chi connectivity index (χ1) is 6.77. The summed E-state index contributed by atoms with van der Waals surface area (Å²) in [5.41, 5.74) is 0. The first kappa shape index (κ1) is 14.9. The Hall–Kier alpha value is -0.0800. The fourth-order valence-corrected chi connectivity index (χ4v) is 2.02. The quantitative estimate of drug-likeness (QED) is 0.431. The molecule has 0 aromatic heterocycles. The van der Waals surface area contributed by atoms with Crippen molar-refractivity contribution in [1.82, 2.24) is 0 Å². The van der Waals surface area contributed by atoms with Crippen molar-refractivity contribution in [1.29, 1.82) is 0 Å². The minimum absolute atomic E-state index is 1.10. The van der Waals surface area contributed by atoms with Crippen molar-refractivity contribution >= 4 is 0 Å². The molecule has 2 nitrogen and oxygen atoms in total. The summed E-state index contributed by atoms with van der Waals surface area (Å²) < 4.78 is 2.30. The maximum Gasteiger partial charge on any atom is 0.0782 e. The zero-order chi connectivity index (χ0) is 11.9. The summed E-state index contributed by atoms with van der Waals surface area (Å²) in [5.74, 6) is 0. The smallest absolute Gasteiger partial charge is 0.0782 e. The molecule has 0 aliphatic rings. The second kappa shape index (κ2) is 6.49. The lowest BCUT2D eigenvalue weighted by Crippen LogP contribution is -2.41. The molecule has 0 unspecified atom stereocenters. The van der Waals surface area contributed by atoms with Crippen molar-refractivity contribution in [3.05, 3.63) is 0 Å². The molecule has 0 spiro atoms. The third-order valence-electron chi connectivity index (χ3n) is 2.92. The van der Waals surface area contributed by atoms with E-state index in [2.05, 4.69) is 42.2 Å². The number of quaternary nitrogens is 2. The molecule has 0 aliphatic carbocycles. The zero-order valence-corrected chi connectivity index (χ0v) is 11.8. The normalized spacial score (nSPS) is 13.2. The highest BCUT2D eigenvalue weighted by atomic mass is 15.3. The lowest BCUT2D eigenvalue weighted by Gasteiger charge is -2.29. The molecule has 0 atom stereocenters. The van der Waals surface area contributed by atoms with E-state index in [0.29, 0.717) is 0 Å². The molecule has 0 N–H and O–H groups in total. The molecule has 0 saturated carbocycles. The van der Waals surface area contributed by atoms with E-state index >= 15 is 0 Å². The van der Waals surface area contributed by atoms with Gasteiger partial charge in [0.15, 0.2) is 0 Å². The highest BCUT2D eigenvalue weighted by molar-refractivity contribution is 4.42. The molecule has 92 valence electrons. The van der Waals surface area contributed by atoms with Crippen LogP contribution in [0.15, 0.2) is 0 Å². The van der Waals surface area contributed by atoms with Gasteiger partial charge < -0.3 is 8.97 Å². The molecule has 2 heteroatoms. The van der Waals surface area contributed by atoms with Crippen LogP contribution in [0.1, 0.15) is 32.6 Å². The maximum atomic E-state index is 2.35. The number of unbranched alkanes of at least 4 members (excludes halogenated alkanes) is 2. The number of nitrogens with zero attached hydrogens (tertiary/aromatic N) is 2. The molecule has 0 saturated heterocycles. The first-order valence-corrected chi connectivity index (χ1v) is 6.39. The standard InChI is InChI=1S/C13H32N2/c1-7-11-15(5,6)13-10-8-9-12-14(2,3)4/h7-13H2,1-6H3/q+2. The van der Waals surface area contributed by atoms with Crippen molar-refractivity contribution in [2.24, 2.45) is 0 Å². The van der Waals surface area contributed by atoms with Gasteiger partial charge in [0, 0.05) is 0 Å². The lowest BCUT2D eigenvalue weighted by atomic mass is 10.2. The van der Waals surface area contributed by atoms with E-state index in [1.54, 1.807) is 0 Å². The first-order valence-electron chi connectivity index (χ1n) is 6.39. The van der Waals surface area contributed by atoms with Crippen LogP contribution in [0.2, 0.25) is 0 Å². The zero-order valence-electron chi connectivity index (χ0n) is 11.8. The van der Waals surface area contributed by atoms with Gasteiger partial charge in [-0.05, 0) is 25.7 Å². The van der Waals surface area contributed by atoms with Gasteiger partial charge >= 0.3 is 0 Å².